The van der Waals surface area contributed by atoms with Crippen LogP contribution in [0.5, 0.6) is 0 Å². The fourth-order valence-electron chi connectivity index (χ4n) is 2.99. The molecule has 8 heteroatoms. The molecule has 1 N–H and O–H groups in total. The molecule has 0 bridgehead atoms. The van der Waals surface area contributed by atoms with E-state index in [4.69, 9.17) is 0 Å². The Balaban J connectivity index is 1.72. The SMILES string of the molecule is O=C(Cn1nc(-c2ccc(F)c(F)c2)c2ccccc2c1=O)NCc1cccs1. The van der Waals surface area contributed by atoms with Gasteiger partial charge in [-0.3, -0.25) is 9.59 Å². The Morgan fingerprint density at radius 3 is 2.55 bits per heavy atom. The van der Waals surface area contributed by atoms with Gasteiger partial charge in [-0.15, -0.1) is 11.3 Å². The predicted molar refractivity (Wildman–Crippen MR) is 108 cm³/mol. The molecular weight excluding hydrogens is 396 g/mol. The van der Waals surface area contributed by atoms with Gasteiger partial charge in [0.2, 0.25) is 5.91 Å². The summed E-state index contributed by atoms with van der Waals surface area (Å²) in [5.74, 6) is -2.36. The highest BCUT2D eigenvalue weighted by molar-refractivity contribution is 7.09. The van der Waals surface area contributed by atoms with Gasteiger partial charge in [-0.05, 0) is 35.7 Å². The van der Waals surface area contributed by atoms with Crippen molar-refractivity contribution < 1.29 is 13.6 Å². The molecule has 0 aliphatic carbocycles. The molecule has 2 heterocycles. The van der Waals surface area contributed by atoms with Crippen molar-refractivity contribution in [3.05, 3.63) is 86.8 Å². The maximum absolute atomic E-state index is 13.8. The summed E-state index contributed by atoms with van der Waals surface area (Å²) in [6, 6.07) is 13.9. The third-order valence-corrected chi connectivity index (χ3v) is 5.27. The lowest BCUT2D eigenvalue weighted by Crippen LogP contribution is -2.33. The van der Waals surface area contributed by atoms with E-state index in [9.17, 15) is 18.4 Å². The van der Waals surface area contributed by atoms with E-state index in [0.29, 0.717) is 28.6 Å². The van der Waals surface area contributed by atoms with Crippen LogP contribution in [-0.4, -0.2) is 15.7 Å². The standard InChI is InChI=1S/C21H15F2N3O2S/c22-17-8-7-13(10-18(17)23)20-15-5-1-2-6-16(15)21(28)26(25-20)12-19(27)24-11-14-4-3-9-29-14/h1-10H,11-12H2,(H,24,27). The van der Waals surface area contributed by atoms with Crippen LogP contribution in [0, 0.1) is 11.6 Å². The molecule has 2 aromatic heterocycles. The van der Waals surface area contributed by atoms with E-state index in [1.165, 1.54) is 17.4 Å². The molecule has 0 aliphatic heterocycles. The number of hydrogen-bond donors (Lipinski definition) is 1. The summed E-state index contributed by atoms with van der Waals surface area (Å²) in [7, 11) is 0. The molecule has 0 spiro atoms. The summed E-state index contributed by atoms with van der Waals surface area (Å²) in [4.78, 5) is 26.1. The molecule has 0 saturated carbocycles. The fourth-order valence-corrected chi connectivity index (χ4v) is 3.63. The molecule has 4 rings (SSSR count). The number of halogens is 2. The first-order chi connectivity index (χ1) is 14.0. The van der Waals surface area contributed by atoms with Gasteiger partial charge in [0.05, 0.1) is 17.6 Å². The second-order valence-corrected chi connectivity index (χ2v) is 7.37. The molecular formula is C21H15F2N3O2S. The number of nitrogens with one attached hydrogen (secondary N) is 1. The van der Waals surface area contributed by atoms with E-state index in [-0.39, 0.29) is 12.5 Å². The Kier molecular flexibility index (Phi) is 5.18. The summed E-state index contributed by atoms with van der Waals surface area (Å²) in [5, 5.41) is 9.78. The van der Waals surface area contributed by atoms with Crippen LogP contribution in [0.4, 0.5) is 8.78 Å². The lowest BCUT2D eigenvalue weighted by molar-refractivity contribution is -0.122. The van der Waals surface area contributed by atoms with Gasteiger partial charge in [0.25, 0.3) is 5.56 Å². The molecule has 4 aromatic rings. The smallest absolute Gasteiger partial charge is 0.275 e. The number of benzene rings is 2. The van der Waals surface area contributed by atoms with Gasteiger partial charge < -0.3 is 5.32 Å². The van der Waals surface area contributed by atoms with Crippen LogP contribution >= 0.6 is 11.3 Å². The third kappa shape index (κ3) is 3.93. The number of carbonyl (C=O) groups excluding carboxylic acids is 1. The topological polar surface area (TPSA) is 64.0 Å². The van der Waals surface area contributed by atoms with Crippen molar-refractivity contribution in [3.63, 3.8) is 0 Å². The summed E-state index contributed by atoms with van der Waals surface area (Å²) in [5.41, 5.74) is 0.177. The average Bonchev–Trinajstić information content (AvgIpc) is 3.24. The quantitative estimate of drug-likeness (QED) is 0.544. The van der Waals surface area contributed by atoms with E-state index >= 15 is 0 Å². The van der Waals surface area contributed by atoms with Crippen molar-refractivity contribution in [2.75, 3.05) is 0 Å². The number of thiophene rings is 1. The average molecular weight is 411 g/mol. The van der Waals surface area contributed by atoms with E-state index < -0.39 is 17.2 Å². The van der Waals surface area contributed by atoms with Crippen LogP contribution in [0.3, 0.4) is 0 Å². The minimum Gasteiger partial charge on any atom is -0.350 e. The number of amides is 1. The molecule has 29 heavy (non-hydrogen) atoms. The van der Waals surface area contributed by atoms with Crippen molar-refractivity contribution in [2.24, 2.45) is 0 Å². The molecule has 0 fully saturated rings. The van der Waals surface area contributed by atoms with E-state index in [0.717, 1.165) is 21.7 Å². The van der Waals surface area contributed by atoms with Crippen LogP contribution in [-0.2, 0) is 17.9 Å². The molecule has 0 radical (unpaired) electrons. The molecule has 5 nitrogen and oxygen atoms in total. The summed E-state index contributed by atoms with van der Waals surface area (Å²) in [6.07, 6.45) is 0. The molecule has 1 amide bonds. The molecule has 0 unspecified atom stereocenters. The van der Waals surface area contributed by atoms with Crippen molar-refractivity contribution in [1.29, 1.82) is 0 Å². The van der Waals surface area contributed by atoms with Gasteiger partial charge in [0.15, 0.2) is 11.6 Å². The highest BCUT2D eigenvalue weighted by atomic mass is 32.1. The van der Waals surface area contributed by atoms with E-state index in [1.54, 1.807) is 24.3 Å². The molecule has 0 aliphatic rings. The minimum atomic E-state index is -1.01. The number of aromatic nitrogens is 2. The van der Waals surface area contributed by atoms with Crippen LogP contribution in [0.1, 0.15) is 4.88 Å². The first-order valence-electron chi connectivity index (χ1n) is 8.77. The Bertz CT molecular complexity index is 1250. The number of nitrogens with zero attached hydrogens (tertiary/aromatic N) is 2. The largest absolute Gasteiger partial charge is 0.350 e. The van der Waals surface area contributed by atoms with E-state index in [2.05, 4.69) is 10.4 Å². The van der Waals surface area contributed by atoms with Crippen LogP contribution in [0.25, 0.3) is 22.0 Å². The maximum Gasteiger partial charge on any atom is 0.275 e. The molecule has 2 aromatic carbocycles. The van der Waals surface area contributed by atoms with Crippen molar-refractivity contribution in [2.45, 2.75) is 13.1 Å². The number of fused-ring (bicyclic) bond motifs is 1. The Morgan fingerprint density at radius 2 is 1.83 bits per heavy atom. The van der Waals surface area contributed by atoms with Crippen LogP contribution in [0.2, 0.25) is 0 Å². The zero-order valence-corrected chi connectivity index (χ0v) is 15.9. The first kappa shape index (κ1) is 18.9. The zero-order chi connectivity index (χ0) is 20.4. The van der Waals surface area contributed by atoms with Gasteiger partial charge in [-0.1, -0.05) is 24.3 Å². The fraction of sp³-hybridized carbons (Fsp3) is 0.0952. The Labute approximate surface area is 168 Å². The molecule has 0 saturated heterocycles. The number of carbonyl (C=O) groups is 1. The van der Waals surface area contributed by atoms with Crippen molar-refractivity contribution >= 4 is 28.0 Å². The van der Waals surface area contributed by atoms with Gasteiger partial charge in [0.1, 0.15) is 6.54 Å². The number of hydrogen-bond acceptors (Lipinski definition) is 4. The van der Waals surface area contributed by atoms with Gasteiger partial charge in [-0.25, -0.2) is 13.5 Å². The second kappa shape index (κ2) is 7.92. The number of rotatable bonds is 5. The third-order valence-electron chi connectivity index (χ3n) is 4.39. The van der Waals surface area contributed by atoms with Crippen molar-refractivity contribution in [3.8, 4) is 11.3 Å². The Hall–Kier alpha value is -3.39. The monoisotopic (exact) mass is 411 g/mol. The summed E-state index contributed by atoms with van der Waals surface area (Å²) >= 11 is 1.51. The normalized spacial score (nSPS) is 11.0. The highest BCUT2D eigenvalue weighted by Gasteiger charge is 2.15. The molecule has 0 atom stereocenters. The first-order valence-corrected chi connectivity index (χ1v) is 9.65. The maximum atomic E-state index is 13.8. The summed E-state index contributed by atoms with van der Waals surface area (Å²) < 4.78 is 28.1. The Morgan fingerprint density at radius 1 is 1.03 bits per heavy atom. The van der Waals surface area contributed by atoms with Crippen LogP contribution in [0.15, 0.2) is 64.8 Å². The lowest BCUT2D eigenvalue weighted by Gasteiger charge is -2.11. The second-order valence-electron chi connectivity index (χ2n) is 6.34. The van der Waals surface area contributed by atoms with Crippen molar-refractivity contribution in [1.82, 2.24) is 15.1 Å². The van der Waals surface area contributed by atoms with E-state index in [1.807, 2.05) is 17.5 Å². The van der Waals surface area contributed by atoms with Gasteiger partial charge >= 0.3 is 0 Å². The summed E-state index contributed by atoms with van der Waals surface area (Å²) in [6.45, 7) is 0.0700. The van der Waals surface area contributed by atoms with Gasteiger partial charge in [-0.2, -0.15) is 5.10 Å². The zero-order valence-electron chi connectivity index (χ0n) is 15.1. The predicted octanol–water partition coefficient (Wildman–Crippen LogP) is 3.72. The van der Waals surface area contributed by atoms with Gasteiger partial charge in [0, 0.05) is 15.8 Å². The molecule has 146 valence electrons. The van der Waals surface area contributed by atoms with Crippen LogP contribution < -0.4 is 10.9 Å². The highest BCUT2D eigenvalue weighted by Crippen LogP contribution is 2.25. The minimum absolute atomic E-state index is 0.286. The lowest BCUT2D eigenvalue weighted by atomic mass is 10.0.